The van der Waals surface area contributed by atoms with E-state index in [4.69, 9.17) is 74.3 Å². The first-order chi connectivity index (χ1) is 9.40. The summed E-state index contributed by atoms with van der Waals surface area (Å²) >= 11 is 36.6. The summed E-state index contributed by atoms with van der Waals surface area (Å²) in [4.78, 5) is 3.97. The molecule has 2 aromatic rings. The minimum absolute atomic E-state index is 0.0872. The number of hydrogen-bond acceptors (Lipinski definition) is 2. The van der Waals surface area contributed by atoms with E-state index >= 15 is 0 Å². The van der Waals surface area contributed by atoms with E-state index in [-0.39, 0.29) is 36.0 Å². The lowest BCUT2D eigenvalue weighted by Gasteiger charge is -2.14. The van der Waals surface area contributed by atoms with Gasteiger partial charge in [0.15, 0.2) is 0 Å². The first-order valence-electron chi connectivity index (χ1n) is 5.10. The van der Waals surface area contributed by atoms with Crippen molar-refractivity contribution in [3.63, 3.8) is 0 Å². The van der Waals surface area contributed by atoms with Gasteiger partial charge >= 0.3 is 0 Å². The Kier molecular flexibility index (Phi) is 5.17. The molecular formula is C12H5Cl6NO. The highest BCUT2D eigenvalue weighted by Gasteiger charge is 2.23. The van der Waals surface area contributed by atoms with E-state index in [1.807, 2.05) is 0 Å². The molecule has 0 aliphatic heterocycles. The van der Waals surface area contributed by atoms with E-state index in [0.29, 0.717) is 11.1 Å². The monoisotopic (exact) mass is 389 g/mol. The fourth-order valence-corrected chi connectivity index (χ4v) is 3.23. The van der Waals surface area contributed by atoms with Gasteiger partial charge in [-0.15, -0.1) is 0 Å². The number of ether oxygens (including phenoxy) is 1. The zero-order valence-electron chi connectivity index (χ0n) is 9.78. The lowest BCUT2D eigenvalue weighted by atomic mass is 10.1. The Bertz CT molecular complexity index is 659. The van der Waals surface area contributed by atoms with Crippen molar-refractivity contribution < 1.29 is 4.74 Å². The maximum Gasteiger partial charge on any atom is 0.232 e. The topological polar surface area (TPSA) is 22.1 Å². The number of benzene rings is 1. The molecule has 2 rings (SSSR count). The van der Waals surface area contributed by atoms with E-state index in [9.17, 15) is 0 Å². The first kappa shape index (κ1) is 16.3. The quantitative estimate of drug-likeness (QED) is 0.421. The van der Waals surface area contributed by atoms with E-state index in [0.717, 1.165) is 0 Å². The van der Waals surface area contributed by atoms with Crippen LogP contribution >= 0.6 is 69.6 Å². The molecule has 0 amide bonds. The van der Waals surface area contributed by atoms with Crippen LogP contribution in [0.4, 0.5) is 0 Å². The Morgan fingerprint density at radius 1 is 0.800 bits per heavy atom. The van der Waals surface area contributed by atoms with E-state index in [2.05, 4.69) is 4.98 Å². The summed E-state index contributed by atoms with van der Waals surface area (Å²) in [6.45, 7) is 0. The van der Waals surface area contributed by atoms with Crippen LogP contribution in [0, 0.1) is 0 Å². The lowest BCUT2D eigenvalue weighted by molar-refractivity contribution is 0.398. The highest BCUT2D eigenvalue weighted by Crippen LogP contribution is 2.50. The smallest absolute Gasteiger partial charge is 0.232 e. The highest BCUT2D eigenvalue weighted by atomic mass is 35.5. The molecule has 0 N–H and O–H groups in total. The molecule has 0 spiro atoms. The molecule has 1 heterocycles. The number of aromatic nitrogens is 1. The largest absolute Gasteiger partial charge is 0.480 e. The number of rotatable bonds is 2. The van der Waals surface area contributed by atoms with Gasteiger partial charge < -0.3 is 4.74 Å². The third-order valence-corrected chi connectivity index (χ3v) is 5.17. The molecule has 0 aliphatic rings. The molecule has 0 aliphatic carbocycles. The van der Waals surface area contributed by atoms with Crippen LogP contribution in [0.25, 0.3) is 11.1 Å². The Morgan fingerprint density at radius 3 is 1.80 bits per heavy atom. The second-order valence-electron chi connectivity index (χ2n) is 3.63. The molecule has 0 saturated carbocycles. The van der Waals surface area contributed by atoms with Gasteiger partial charge in [-0.25, -0.2) is 4.98 Å². The van der Waals surface area contributed by atoms with Gasteiger partial charge in [-0.2, -0.15) is 0 Å². The number of nitrogens with zero attached hydrogens (tertiary/aromatic N) is 1. The van der Waals surface area contributed by atoms with Crippen molar-refractivity contribution in [1.82, 2.24) is 4.98 Å². The Labute approximate surface area is 145 Å². The van der Waals surface area contributed by atoms with Crippen LogP contribution in [0.15, 0.2) is 12.3 Å². The maximum absolute atomic E-state index is 6.21. The average molecular weight is 392 g/mol. The molecule has 106 valence electrons. The second kappa shape index (κ2) is 6.35. The zero-order valence-corrected chi connectivity index (χ0v) is 14.3. The van der Waals surface area contributed by atoms with Crippen molar-refractivity contribution in [2.75, 3.05) is 7.11 Å². The fraction of sp³-hybridized carbons (Fsp3) is 0.0833. The molecule has 1 aromatic carbocycles. The molecule has 0 saturated heterocycles. The molecular weight excluding hydrogens is 387 g/mol. The summed E-state index contributed by atoms with van der Waals surface area (Å²) < 4.78 is 5.05. The number of halogens is 6. The summed E-state index contributed by atoms with van der Waals surface area (Å²) in [5, 5.41) is 0.842. The Morgan fingerprint density at radius 2 is 1.30 bits per heavy atom. The van der Waals surface area contributed by atoms with Gasteiger partial charge in [0.2, 0.25) is 5.88 Å². The predicted octanol–water partition coefficient (Wildman–Crippen LogP) is 6.68. The van der Waals surface area contributed by atoms with Crippen LogP contribution in [0.5, 0.6) is 5.88 Å². The molecule has 0 bridgehead atoms. The molecule has 1 aromatic heterocycles. The third-order valence-electron chi connectivity index (χ3n) is 2.53. The maximum atomic E-state index is 6.21. The molecule has 20 heavy (non-hydrogen) atoms. The molecule has 0 unspecified atom stereocenters. The molecule has 0 fully saturated rings. The number of pyridine rings is 1. The van der Waals surface area contributed by atoms with Crippen molar-refractivity contribution >= 4 is 69.6 Å². The van der Waals surface area contributed by atoms with Crippen molar-refractivity contribution in [3.8, 4) is 17.0 Å². The van der Waals surface area contributed by atoms with Crippen LogP contribution in [-0.4, -0.2) is 12.1 Å². The molecule has 2 nitrogen and oxygen atoms in total. The molecule has 0 atom stereocenters. The first-order valence-corrected chi connectivity index (χ1v) is 7.37. The van der Waals surface area contributed by atoms with Crippen molar-refractivity contribution in [2.24, 2.45) is 0 Å². The summed E-state index contributed by atoms with van der Waals surface area (Å²) in [6, 6.07) is 1.62. The Hall–Kier alpha value is -0.0900. The minimum atomic E-state index is 0.0872. The van der Waals surface area contributed by atoms with Gasteiger partial charge in [0, 0.05) is 17.3 Å². The lowest BCUT2D eigenvalue weighted by Crippen LogP contribution is -1.93. The minimum Gasteiger partial charge on any atom is -0.480 e. The summed E-state index contributed by atoms with van der Waals surface area (Å²) in [6.07, 6.45) is 1.50. The van der Waals surface area contributed by atoms with Gasteiger partial charge in [0.25, 0.3) is 0 Å². The van der Waals surface area contributed by atoms with Gasteiger partial charge in [0.1, 0.15) is 5.02 Å². The van der Waals surface area contributed by atoms with Crippen LogP contribution in [-0.2, 0) is 0 Å². The van der Waals surface area contributed by atoms with Crippen LogP contribution < -0.4 is 4.74 Å². The number of methoxy groups -OCH3 is 1. The van der Waals surface area contributed by atoms with E-state index in [1.165, 1.54) is 13.3 Å². The van der Waals surface area contributed by atoms with Crippen molar-refractivity contribution in [3.05, 3.63) is 42.4 Å². The van der Waals surface area contributed by atoms with Gasteiger partial charge in [-0.1, -0.05) is 69.6 Å². The zero-order chi connectivity index (χ0) is 15.0. The predicted molar refractivity (Wildman–Crippen MR) is 86.3 cm³/mol. The second-order valence-corrected chi connectivity index (χ2v) is 5.89. The fourth-order valence-electron chi connectivity index (χ4n) is 1.60. The summed E-state index contributed by atoms with van der Waals surface area (Å²) in [5.74, 6) is 0.235. The van der Waals surface area contributed by atoms with Crippen LogP contribution in [0.3, 0.4) is 0 Å². The van der Waals surface area contributed by atoms with E-state index < -0.39 is 0 Å². The van der Waals surface area contributed by atoms with Gasteiger partial charge in [-0.3, -0.25) is 0 Å². The SMILES string of the molecule is COc1nccc(-c2c(Cl)c(Cl)c(Cl)c(Cl)c2Cl)c1Cl. The molecule has 0 radical (unpaired) electrons. The van der Waals surface area contributed by atoms with Crippen molar-refractivity contribution in [1.29, 1.82) is 0 Å². The van der Waals surface area contributed by atoms with Crippen LogP contribution in [0.2, 0.25) is 30.1 Å². The number of hydrogen-bond donors (Lipinski definition) is 0. The van der Waals surface area contributed by atoms with E-state index in [1.54, 1.807) is 6.07 Å². The van der Waals surface area contributed by atoms with Gasteiger partial charge in [-0.05, 0) is 6.07 Å². The van der Waals surface area contributed by atoms with Crippen molar-refractivity contribution in [2.45, 2.75) is 0 Å². The molecule has 8 heteroatoms. The van der Waals surface area contributed by atoms with Crippen LogP contribution in [0.1, 0.15) is 0 Å². The third kappa shape index (κ3) is 2.66. The normalized spacial score (nSPS) is 10.8. The standard InChI is InChI=1S/C12H5Cl6NO/c1-20-12-6(13)4(2-3-19-12)5-7(14)9(16)11(18)10(17)8(5)15/h2-3H,1H3. The highest BCUT2D eigenvalue weighted by molar-refractivity contribution is 6.56. The van der Waals surface area contributed by atoms with Gasteiger partial charge in [0.05, 0.1) is 32.2 Å². The average Bonchev–Trinajstić information content (AvgIpc) is 2.45. The summed E-state index contributed by atoms with van der Waals surface area (Å²) in [7, 11) is 1.45. The Balaban J connectivity index is 2.84. The summed E-state index contributed by atoms with van der Waals surface area (Å²) in [5.41, 5.74) is 0.868.